The summed E-state index contributed by atoms with van der Waals surface area (Å²) in [6.07, 6.45) is 1.55. The molecule has 2 aliphatic rings. The molecule has 0 spiro atoms. The van der Waals surface area contributed by atoms with Gasteiger partial charge in [0.05, 0.1) is 12.5 Å². The van der Waals surface area contributed by atoms with Gasteiger partial charge in [-0.15, -0.1) is 0 Å². The van der Waals surface area contributed by atoms with Crippen molar-refractivity contribution in [1.29, 1.82) is 0 Å². The van der Waals surface area contributed by atoms with Gasteiger partial charge in [-0.25, -0.2) is 0 Å². The second kappa shape index (κ2) is 7.70. The van der Waals surface area contributed by atoms with E-state index in [9.17, 15) is 14.4 Å². The van der Waals surface area contributed by atoms with E-state index in [1.54, 1.807) is 0 Å². The number of ether oxygens (including phenoxy) is 1. The molecule has 0 bridgehead atoms. The SMILES string of the molecule is Cc1cc(C)c(C2C(=O)CC(CCNC(=O)C3CCOC3)C2=O)c(C)c1. The highest BCUT2D eigenvalue weighted by molar-refractivity contribution is 6.15. The van der Waals surface area contributed by atoms with Crippen LogP contribution in [-0.4, -0.2) is 37.2 Å². The first kappa shape index (κ1) is 18.8. The quantitative estimate of drug-likeness (QED) is 0.822. The van der Waals surface area contributed by atoms with Gasteiger partial charge in [0.1, 0.15) is 11.7 Å². The smallest absolute Gasteiger partial charge is 0.225 e. The van der Waals surface area contributed by atoms with E-state index in [4.69, 9.17) is 4.74 Å². The predicted molar refractivity (Wildman–Crippen MR) is 98.1 cm³/mol. The molecule has 1 amide bonds. The average Bonchev–Trinajstić information content (AvgIpc) is 3.18. The molecule has 0 aromatic heterocycles. The van der Waals surface area contributed by atoms with Gasteiger partial charge in [0, 0.05) is 25.5 Å². The van der Waals surface area contributed by atoms with Crippen LogP contribution >= 0.6 is 0 Å². The van der Waals surface area contributed by atoms with Crippen molar-refractivity contribution in [3.63, 3.8) is 0 Å². The molecule has 1 saturated carbocycles. The summed E-state index contributed by atoms with van der Waals surface area (Å²) in [6.45, 7) is 7.48. The van der Waals surface area contributed by atoms with Crippen molar-refractivity contribution in [2.24, 2.45) is 11.8 Å². The second-order valence-corrected chi connectivity index (χ2v) is 7.66. The van der Waals surface area contributed by atoms with Gasteiger partial charge in [0.15, 0.2) is 5.78 Å². The standard InChI is InChI=1S/C21H27NO4/c1-12-8-13(2)18(14(3)9-12)19-17(23)10-15(20(19)24)4-6-22-21(25)16-5-7-26-11-16/h8-9,15-16,19H,4-7,10-11H2,1-3H3,(H,22,25). The van der Waals surface area contributed by atoms with Crippen molar-refractivity contribution < 1.29 is 19.1 Å². The van der Waals surface area contributed by atoms with Gasteiger partial charge in [-0.05, 0) is 50.3 Å². The summed E-state index contributed by atoms with van der Waals surface area (Å²) in [5.41, 5.74) is 4.02. The highest BCUT2D eigenvalue weighted by Crippen LogP contribution is 2.37. The van der Waals surface area contributed by atoms with Crippen molar-refractivity contribution in [3.8, 4) is 0 Å². The van der Waals surface area contributed by atoms with Crippen LogP contribution < -0.4 is 5.32 Å². The number of carbonyl (C=O) groups is 3. The summed E-state index contributed by atoms with van der Waals surface area (Å²) >= 11 is 0. The Balaban J connectivity index is 1.63. The highest BCUT2D eigenvalue weighted by Gasteiger charge is 2.42. The van der Waals surface area contributed by atoms with Gasteiger partial charge >= 0.3 is 0 Å². The molecule has 3 unspecified atom stereocenters. The molecule has 5 heteroatoms. The minimum atomic E-state index is -0.639. The molecule has 5 nitrogen and oxygen atoms in total. The number of hydrogen-bond acceptors (Lipinski definition) is 4. The van der Waals surface area contributed by atoms with E-state index in [-0.39, 0.29) is 35.7 Å². The summed E-state index contributed by atoms with van der Waals surface area (Å²) in [4.78, 5) is 37.5. The molecule has 1 heterocycles. The molecular weight excluding hydrogens is 330 g/mol. The number of rotatable bonds is 5. The predicted octanol–water partition coefficient (Wildman–Crippen LogP) is 2.40. The zero-order valence-electron chi connectivity index (χ0n) is 15.8. The number of Topliss-reactive ketones (excluding diaryl/α,β-unsaturated/α-hetero) is 2. The minimum Gasteiger partial charge on any atom is -0.381 e. The van der Waals surface area contributed by atoms with Gasteiger partial charge in [-0.2, -0.15) is 0 Å². The van der Waals surface area contributed by atoms with Crippen LogP contribution in [0.2, 0.25) is 0 Å². The first-order valence-corrected chi connectivity index (χ1v) is 9.38. The largest absolute Gasteiger partial charge is 0.381 e. The Kier molecular flexibility index (Phi) is 5.56. The number of nitrogens with one attached hydrogen (secondary N) is 1. The van der Waals surface area contributed by atoms with E-state index in [0.29, 0.717) is 26.2 Å². The molecule has 1 N–H and O–H groups in total. The second-order valence-electron chi connectivity index (χ2n) is 7.66. The monoisotopic (exact) mass is 357 g/mol. The lowest BCUT2D eigenvalue weighted by atomic mass is 9.86. The zero-order chi connectivity index (χ0) is 18.8. The maximum absolute atomic E-state index is 12.9. The van der Waals surface area contributed by atoms with Crippen LogP contribution in [0.1, 0.15) is 47.4 Å². The van der Waals surface area contributed by atoms with E-state index < -0.39 is 5.92 Å². The maximum atomic E-state index is 12.9. The molecular formula is C21H27NO4. The molecule has 1 aromatic rings. The number of carbonyl (C=O) groups excluding carboxylic acids is 3. The number of amides is 1. The Morgan fingerprint density at radius 1 is 1.19 bits per heavy atom. The lowest BCUT2D eigenvalue weighted by Gasteiger charge is -2.16. The maximum Gasteiger partial charge on any atom is 0.225 e. The van der Waals surface area contributed by atoms with Crippen LogP contribution in [0.25, 0.3) is 0 Å². The zero-order valence-corrected chi connectivity index (χ0v) is 15.8. The Morgan fingerprint density at radius 2 is 1.88 bits per heavy atom. The van der Waals surface area contributed by atoms with Crippen LogP contribution in [0.3, 0.4) is 0 Å². The topological polar surface area (TPSA) is 72.5 Å². The van der Waals surface area contributed by atoms with Crippen molar-refractivity contribution in [1.82, 2.24) is 5.32 Å². The van der Waals surface area contributed by atoms with Gasteiger partial charge in [0.25, 0.3) is 0 Å². The van der Waals surface area contributed by atoms with Gasteiger partial charge in [-0.1, -0.05) is 17.7 Å². The highest BCUT2D eigenvalue weighted by atomic mass is 16.5. The molecule has 140 valence electrons. The van der Waals surface area contributed by atoms with E-state index >= 15 is 0 Å². The molecule has 2 fully saturated rings. The summed E-state index contributed by atoms with van der Waals surface area (Å²) < 4.78 is 5.22. The lowest BCUT2D eigenvalue weighted by Crippen LogP contribution is -2.33. The normalized spacial score (nSPS) is 25.7. The first-order valence-electron chi connectivity index (χ1n) is 9.38. The summed E-state index contributed by atoms with van der Waals surface area (Å²) in [5.74, 6) is -1.02. The fourth-order valence-electron chi connectivity index (χ4n) is 4.30. The summed E-state index contributed by atoms with van der Waals surface area (Å²) in [7, 11) is 0. The van der Waals surface area contributed by atoms with Crippen molar-refractivity contribution >= 4 is 17.5 Å². The Hall–Kier alpha value is -2.01. The molecule has 1 aliphatic heterocycles. The van der Waals surface area contributed by atoms with Crippen molar-refractivity contribution in [3.05, 3.63) is 34.4 Å². The number of hydrogen-bond donors (Lipinski definition) is 1. The van der Waals surface area contributed by atoms with Crippen molar-refractivity contribution in [2.75, 3.05) is 19.8 Å². The average molecular weight is 357 g/mol. The van der Waals surface area contributed by atoms with E-state index in [2.05, 4.69) is 5.32 Å². The van der Waals surface area contributed by atoms with Gasteiger partial charge in [-0.3, -0.25) is 14.4 Å². The number of ketones is 2. The molecule has 1 saturated heterocycles. The molecule has 0 radical (unpaired) electrons. The summed E-state index contributed by atoms with van der Waals surface area (Å²) in [5, 5.41) is 2.89. The fourth-order valence-corrected chi connectivity index (χ4v) is 4.30. The lowest BCUT2D eigenvalue weighted by molar-refractivity contribution is -0.126. The third kappa shape index (κ3) is 3.73. The van der Waals surface area contributed by atoms with Gasteiger partial charge < -0.3 is 10.1 Å². The Bertz CT molecular complexity index is 711. The Morgan fingerprint density at radius 3 is 2.50 bits per heavy atom. The third-order valence-electron chi connectivity index (χ3n) is 5.58. The van der Waals surface area contributed by atoms with Crippen LogP contribution in [0.4, 0.5) is 0 Å². The van der Waals surface area contributed by atoms with Gasteiger partial charge in [0.2, 0.25) is 5.91 Å². The molecule has 3 rings (SSSR count). The van der Waals surface area contributed by atoms with Crippen LogP contribution in [-0.2, 0) is 19.1 Å². The van der Waals surface area contributed by atoms with E-state index in [1.807, 2.05) is 32.9 Å². The molecule has 3 atom stereocenters. The van der Waals surface area contributed by atoms with Crippen LogP contribution in [0, 0.1) is 32.6 Å². The third-order valence-corrected chi connectivity index (χ3v) is 5.58. The number of aryl methyl sites for hydroxylation is 3. The van der Waals surface area contributed by atoms with Crippen molar-refractivity contribution in [2.45, 2.75) is 46.0 Å². The molecule has 1 aromatic carbocycles. The van der Waals surface area contributed by atoms with E-state index in [0.717, 1.165) is 28.7 Å². The Labute approximate surface area is 154 Å². The molecule has 1 aliphatic carbocycles. The molecule has 26 heavy (non-hydrogen) atoms. The number of benzene rings is 1. The fraction of sp³-hybridized carbons (Fsp3) is 0.571. The van der Waals surface area contributed by atoms with E-state index in [1.165, 1.54) is 0 Å². The van der Waals surface area contributed by atoms with Crippen LogP contribution in [0.5, 0.6) is 0 Å². The summed E-state index contributed by atoms with van der Waals surface area (Å²) in [6, 6.07) is 4.06. The first-order chi connectivity index (χ1) is 12.4. The minimum absolute atomic E-state index is 0.00324. The van der Waals surface area contributed by atoms with Crippen LogP contribution in [0.15, 0.2) is 12.1 Å².